The summed E-state index contributed by atoms with van der Waals surface area (Å²) in [5, 5.41) is 5.19. The van der Waals surface area contributed by atoms with Crippen LogP contribution in [0.25, 0.3) is 0 Å². The van der Waals surface area contributed by atoms with E-state index in [0.29, 0.717) is 12.4 Å². The van der Waals surface area contributed by atoms with E-state index in [0.717, 1.165) is 0 Å². The van der Waals surface area contributed by atoms with Crippen molar-refractivity contribution in [2.24, 2.45) is 0 Å². The summed E-state index contributed by atoms with van der Waals surface area (Å²) in [5.74, 6) is 0.559. The van der Waals surface area contributed by atoms with Crippen molar-refractivity contribution in [3.8, 4) is 0 Å². The lowest BCUT2D eigenvalue weighted by Gasteiger charge is -2.03. The van der Waals surface area contributed by atoms with E-state index >= 15 is 0 Å². The van der Waals surface area contributed by atoms with Crippen molar-refractivity contribution in [2.45, 2.75) is 27.2 Å². The molecule has 2 amide bonds. The molecule has 0 aliphatic heterocycles. The highest BCUT2D eigenvalue weighted by Gasteiger charge is 1.97. The molecule has 0 atom stereocenters. The van der Waals surface area contributed by atoms with Gasteiger partial charge >= 0.3 is 6.03 Å². The topological polar surface area (TPSA) is 54.0 Å². The Hall–Kier alpha value is -1.58. The molecule has 84 valence electrons. The molecule has 0 saturated heterocycles. The SMILES string of the molecule is CCC.CCNC(=O)Nc1ccccn1. The Morgan fingerprint density at radius 1 is 1.33 bits per heavy atom. The molecule has 0 aliphatic rings. The second-order valence-corrected chi connectivity index (χ2v) is 2.91. The molecule has 1 heterocycles. The number of aromatic nitrogens is 1. The Bertz CT molecular complexity index is 262. The van der Waals surface area contributed by atoms with Crippen molar-refractivity contribution in [1.82, 2.24) is 10.3 Å². The van der Waals surface area contributed by atoms with Crippen LogP contribution in [0.2, 0.25) is 0 Å². The largest absolute Gasteiger partial charge is 0.338 e. The molecule has 0 radical (unpaired) electrons. The monoisotopic (exact) mass is 209 g/mol. The smallest absolute Gasteiger partial charge is 0.320 e. The predicted molar refractivity (Wildman–Crippen MR) is 62.9 cm³/mol. The highest BCUT2D eigenvalue weighted by Crippen LogP contribution is 1.98. The summed E-state index contributed by atoms with van der Waals surface area (Å²) in [4.78, 5) is 14.9. The first-order chi connectivity index (χ1) is 7.24. The Morgan fingerprint density at radius 3 is 2.47 bits per heavy atom. The van der Waals surface area contributed by atoms with Gasteiger partial charge in [-0.15, -0.1) is 0 Å². The Balaban J connectivity index is 0.000000583. The van der Waals surface area contributed by atoms with Crippen LogP contribution < -0.4 is 10.6 Å². The zero-order chi connectivity index (χ0) is 11.5. The molecule has 0 unspecified atom stereocenters. The van der Waals surface area contributed by atoms with Gasteiger partial charge in [0.2, 0.25) is 0 Å². The third kappa shape index (κ3) is 7.49. The summed E-state index contributed by atoms with van der Waals surface area (Å²) in [7, 11) is 0. The van der Waals surface area contributed by atoms with Crippen molar-refractivity contribution in [3.05, 3.63) is 24.4 Å². The average molecular weight is 209 g/mol. The van der Waals surface area contributed by atoms with E-state index < -0.39 is 0 Å². The second kappa shape index (κ2) is 8.99. The van der Waals surface area contributed by atoms with E-state index in [-0.39, 0.29) is 6.03 Å². The van der Waals surface area contributed by atoms with Crippen LogP contribution in [0, 0.1) is 0 Å². The van der Waals surface area contributed by atoms with E-state index in [1.807, 2.05) is 13.0 Å². The number of carbonyl (C=O) groups is 1. The Labute approximate surface area is 91.1 Å². The molecule has 4 nitrogen and oxygen atoms in total. The number of carbonyl (C=O) groups excluding carboxylic acids is 1. The van der Waals surface area contributed by atoms with E-state index in [1.54, 1.807) is 18.3 Å². The lowest BCUT2D eigenvalue weighted by molar-refractivity contribution is 0.252. The van der Waals surface area contributed by atoms with Crippen molar-refractivity contribution in [1.29, 1.82) is 0 Å². The summed E-state index contributed by atoms with van der Waals surface area (Å²) in [6, 6.07) is 5.11. The fourth-order valence-corrected chi connectivity index (χ4v) is 0.758. The number of pyridine rings is 1. The Kier molecular flexibility index (Phi) is 8.05. The van der Waals surface area contributed by atoms with E-state index in [4.69, 9.17) is 0 Å². The minimum Gasteiger partial charge on any atom is -0.338 e. The lowest BCUT2D eigenvalue weighted by atomic mass is 10.5. The number of urea groups is 1. The zero-order valence-electron chi connectivity index (χ0n) is 9.58. The molecule has 1 aromatic rings. The zero-order valence-corrected chi connectivity index (χ0v) is 9.58. The molecule has 15 heavy (non-hydrogen) atoms. The Morgan fingerprint density at radius 2 is 2.00 bits per heavy atom. The number of hydrogen-bond acceptors (Lipinski definition) is 2. The van der Waals surface area contributed by atoms with Crippen molar-refractivity contribution < 1.29 is 4.79 Å². The average Bonchev–Trinajstić information content (AvgIpc) is 2.20. The summed E-state index contributed by atoms with van der Waals surface area (Å²) >= 11 is 0. The maximum absolute atomic E-state index is 11.0. The van der Waals surface area contributed by atoms with Gasteiger partial charge in [0.25, 0.3) is 0 Å². The summed E-state index contributed by atoms with van der Waals surface area (Å²) in [5.41, 5.74) is 0. The summed E-state index contributed by atoms with van der Waals surface area (Å²) in [6.07, 6.45) is 2.88. The van der Waals surface area contributed by atoms with Crippen LogP contribution in [0.3, 0.4) is 0 Å². The summed E-state index contributed by atoms with van der Waals surface area (Å²) in [6.45, 7) is 6.72. The highest BCUT2D eigenvalue weighted by molar-refractivity contribution is 5.87. The van der Waals surface area contributed by atoms with Gasteiger partial charge in [0.15, 0.2) is 0 Å². The molecule has 0 fully saturated rings. The first kappa shape index (κ1) is 13.4. The normalized spacial score (nSPS) is 8.47. The minimum atomic E-state index is -0.226. The van der Waals surface area contributed by atoms with Crippen molar-refractivity contribution in [3.63, 3.8) is 0 Å². The molecule has 1 rings (SSSR count). The highest BCUT2D eigenvalue weighted by atomic mass is 16.2. The maximum atomic E-state index is 11.0. The molecule has 0 aromatic carbocycles. The summed E-state index contributed by atoms with van der Waals surface area (Å²) < 4.78 is 0. The number of anilines is 1. The molecule has 0 aliphatic carbocycles. The standard InChI is InChI=1S/C8H11N3O.C3H8/c1-2-9-8(12)11-7-5-3-4-6-10-7;1-3-2/h3-6H,2H2,1H3,(H2,9,10,11,12);3H2,1-2H3. The number of nitrogens with zero attached hydrogens (tertiary/aromatic N) is 1. The molecule has 0 spiro atoms. The van der Waals surface area contributed by atoms with Gasteiger partial charge in [-0.25, -0.2) is 9.78 Å². The van der Waals surface area contributed by atoms with Crippen molar-refractivity contribution in [2.75, 3.05) is 11.9 Å². The van der Waals surface area contributed by atoms with Gasteiger partial charge in [-0.2, -0.15) is 0 Å². The molecule has 0 saturated carbocycles. The van der Waals surface area contributed by atoms with Gasteiger partial charge in [-0.1, -0.05) is 26.3 Å². The molecule has 1 aromatic heterocycles. The third-order valence-corrected chi connectivity index (χ3v) is 1.24. The van der Waals surface area contributed by atoms with Gasteiger partial charge in [-0.3, -0.25) is 5.32 Å². The fourth-order valence-electron chi connectivity index (χ4n) is 0.758. The van der Waals surface area contributed by atoms with Crippen LogP contribution >= 0.6 is 0 Å². The molecular formula is C11H19N3O. The lowest BCUT2D eigenvalue weighted by Crippen LogP contribution is -2.28. The number of nitrogens with one attached hydrogen (secondary N) is 2. The van der Waals surface area contributed by atoms with Crippen LogP contribution in [-0.2, 0) is 0 Å². The molecule has 4 heteroatoms. The van der Waals surface area contributed by atoms with E-state index in [9.17, 15) is 4.79 Å². The maximum Gasteiger partial charge on any atom is 0.320 e. The number of amides is 2. The number of rotatable bonds is 2. The van der Waals surface area contributed by atoms with Gasteiger partial charge in [0.1, 0.15) is 5.82 Å². The number of hydrogen-bond donors (Lipinski definition) is 2. The predicted octanol–water partition coefficient (Wildman–Crippen LogP) is 2.64. The third-order valence-electron chi connectivity index (χ3n) is 1.24. The van der Waals surface area contributed by atoms with E-state index in [2.05, 4.69) is 29.5 Å². The molecule has 2 N–H and O–H groups in total. The fraction of sp³-hybridized carbons (Fsp3) is 0.455. The van der Waals surface area contributed by atoms with Crippen LogP contribution in [-0.4, -0.2) is 17.6 Å². The van der Waals surface area contributed by atoms with Gasteiger partial charge in [0, 0.05) is 12.7 Å². The second-order valence-electron chi connectivity index (χ2n) is 2.91. The van der Waals surface area contributed by atoms with Crippen LogP contribution in [0.15, 0.2) is 24.4 Å². The quantitative estimate of drug-likeness (QED) is 0.786. The first-order valence-electron chi connectivity index (χ1n) is 5.20. The van der Waals surface area contributed by atoms with Crippen LogP contribution in [0.4, 0.5) is 10.6 Å². The van der Waals surface area contributed by atoms with Gasteiger partial charge in [0.05, 0.1) is 0 Å². The van der Waals surface area contributed by atoms with Gasteiger partial charge < -0.3 is 5.32 Å². The van der Waals surface area contributed by atoms with Crippen molar-refractivity contribution >= 4 is 11.8 Å². The van der Waals surface area contributed by atoms with E-state index in [1.165, 1.54) is 6.42 Å². The minimum absolute atomic E-state index is 0.226. The van der Waals surface area contributed by atoms with Crippen LogP contribution in [0.1, 0.15) is 27.2 Å². The van der Waals surface area contributed by atoms with Crippen LogP contribution in [0.5, 0.6) is 0 Å². The molecule has 0 bridgehead atoms. The molecular weight excluding hydrogens is 190 g/mol. The first-order valence-corrected chi connectivity index (χ1v) is 5.20. The van der Waals surface area contributed by atoms with Gasteiger partial charge in [-0.05, 0) is 19.1 Å².